The first-order valence-corrected chi connectivity index (χ1v) is 12.3. The Morgan fingerprint density at radius 2 is 1.50 bits per heavy atom. The highest BCUT2D eigenvalue weighted by atomic mass is 32.1. The molecule has 2 aliphatic heterocycles. The third kappa shape index (κ3) is 4.48. The summed E-state index contributed by atoms with van der Waals surface area (Å²) in [5.41, 5.74) is 1.91. The highest BCUT2D eigenvalue weighted by molar-refractivity contribution is 7.13. The van der Waals surface area contributed by atoms with E-state index in [2.05, 4.69) is 32.3 Å². The number of piperazine rings is 1. The molecule has 6 nitrogen and oxygen atoms in total. The van der Waals surface area contributed by atoms with E-state index in [1.807, 2.05) is 42.2 Å². The van der Waals surface area contributed by atoms with Gasteiger partial charge in [-0.2, -0.15) is 0 Å². The summed E-state index contributed by atoms with van der Waals surface area (Å²) in [6.45, 7) is 7.09. The number of hydrogen-bond acceptors (Lipinski definition) is 6. The summed E-state index contributed by atoms with van der Waals surface area (Å²) < 4.78 is 0. The van der Waals surface area contributed by atoms with Gasteiger partial charge in [-0.15, -0.1) is 11.3 Å². The van der Waals surface area contributed by atoms with Crippen molar-refractivity contribution in [2.75, 3.05) is 49.1 Å². The fourth-order valence-corrected chi connectivity index (χ4v) is 5.26. The summed E-state index contributed by atoms with van der Waals surface area (Å²) in [6, 6.07) is 14.3. The zero-order chi connectivity index (χ0) is 21.9. The Morgan fingerprint density at radius 3 is 2.12 bits per heavy atom. The predicted molar refractivity (Wildman–Crippen MR) is 131 cm³/mol. The number of carbonyl (C=O) groups excluding carboxylic acids is 1. The van der Waals surface area contributed by atoms with Crippen LogP contribution in [-0.2, 0) is 0 Å². The van der Waals surface area contributed by atoms with Gasteiger partial charge in [-0.1, -0.05) is 18.2 Å². The number of piperidine rings is 1. The molecule has 0 radical (unpaired) electrons. The molecule has 166 valence electrons. The van der Waals surface area contributed by atoms with Gasteiger partial charge in [0, 0.05) is 55.8 Å². The van der Waals surface area contributed by atoms with Crippen LogP contribution in [0.4, 0.5) is 11.6 Å². The number of rotatable bonds is 4. The van der Waals surface area contributed by atoms with Gasteiger partial charge in [0.25, 0.3) is 5.91 Å². The molecule has 0 aliphatic carbocycles. The molecule has 7 heteroatoms. The van der Waals surface area contributed by atoms with Crippen LogP contribution in [0.25, 0.3) is 10.4 Å². The van der Waals surface area contributed by atoms with E-state index in [0.29, 0.717) is 13.1 Å². The molecule has 32 heavy (non-hydrogen) atoms. The maximum absolute atomic E-state index is 13.0. The Kier molecular flexibility index (Phi) is 6.08. The van der Waals surface area contributed by atoms with Gasteiger partial charge < -0.3 is 14.7 Å². The summed E-state index contributed by atoms with van der Waals surface area (Å²) in [7, 11) is 0. The fourth-order valence-electron chi connectivity index (χ4n) is 4.52. The molecule has 1 amide bonds. The minimum absolute atomic E-state index is 0.107. The average molecular weight is 448 g/mol. The number of thiophene rings is 1. The fraction of sp³-hybridized carbons (Fsp3) is 0.400. The van der Waals surface area contributed by atoms with Crippen molar-refractivity contribution >= 4 is 28.9 Å². The number of hydrogen-bond donors (Lipinski definition) is 0. The lowest BCUT2D eigenvalue weighted by molar-refractivity contribution is 0.0746. The Bertz CT molecular complexity index is 1050. The van der Waals surface area contributed by atoms with Crippen molar-refractivity contribution in [3.63, 3.8) is 0 Å². The van der Waals surface area contributed by atoms with Gasteiger partial charge in [0.1, 0.15) is 17.5 Å². The highest BCUT2D eigenvalue weighted by Crippen LogP contribution is 2.26. The first kappa shape index (κ1) is 20.9. The molecule has 2 aromatic heterocycles. The van der Waals surface area contributed by atoms with Gasteiger partial charge in [-0.25, -0.2) is 9.97 Å². The maximum Gasteiger partial charge on any atom is 0.253 e. The molecule has 3 aromatic rings. The van der Waals surface area contributed by atoms with Crippen LogP contribution < -0.4 is 9.80 Å². The number of aryl methyl sites for hydroxylation is 1. The van der Waals surface area contributed by atoms with Crippen LogP contribution in [0.15, 0.2) is 47.8 Å². The van der Waals surface area contributed by atoms with Crippen LogP contribution in [0.1, 0.15) is 35.4 Å². The molecule has 2 saturated heterocycles. The summed E-state index contributed by atoms with van der Waals surface area (Å²) in [5.74, 6) is 2.93. The standard InChI is InChI=1S/C25H29N5OS/c1-19-26-23(28-11-3-2-4-12-28)18-24(27-19)29-13-15-30(16-14-29)25(31)21-9-7-20(8-10-21)22-6-5-17-32-22/h5-10,17-18H,2-4,11-16H2,1H3. The summed E-state index contributed by atoms with van der Waals surface area (Å²) in [5, 5.41) is 2.07. The molecule has 2 aliphatic rings. The van der Waals surface area contributed by atoms with Crippen molar-refractivity contribution in [1.29, 1.82) is 0 Å². The topological polar surface area (TPSA) is 52.6 Å². The van der Waals surface area contributed by atoms with Crippen LogP contribution in [0.3, 0.4) is 0 Å². The van der Waals surface area contributed by atoms with E-state index in [0.717, 1.165) is 54.8 Å². The number of carbonyl (C=O) groups is 1. The molecule has 0 atom stereocenters. The number of anilines is 2. The second kappa shape index (κ2) is 9.28. The lowest BCUT2D eigenvalue weighted by Gasteiger charge is -2.36. The van der Waals surface area contributed by atoms with Crippen LogP contribution >= 0.6 is 11.3 Å². The highest BCUT2D eigenvalue weighted by Gasteiger charge is 2.24. The first-order valence-electron chi connectivity index (χ1n) is 11.5. The van der Waals surface area contributed by atoms with Gasteiger partial charge in [0.15, 0.2) is 0 Å². The average Bonchev–Trinajstić information content (AvgIpc) is 3.39. The normalized spacial score (nSPS) is 17.0. The third-order valence-electron chi connectivity index (χ3n) is 6.32. The summed E-state index contributed by atoms with van der Waals surface area (Å²) in [4.78, 5) is 30.3. The van der Waals surface area contributed by atoms with E-state index in [9.17, 15) is 4.79 Å². The maximum atomic E-state index is 13.0. The zero-order valence-corrected chi connectivity index (χ0v) is 19.4. The van der Waals surface area contributed by atoms with Crippen molar-refractivity contribution in [3.05, 3.63) is 59.2 Å². The van der Waals surface area contributed by atoms with Gasteiger partial charge in [-0.05, 0) is 55.3 Å². The SMILES string of the molecule is Cc1nc(N2CCCCC2)cc(N2CCN(C(=O)c3ccc(-c4cccs4)cc3)CC2)n1. The predicted octanol–water partition coefficient (Wildman–Crippen LogP) is 4.47. The van der Waals surface area contributed by atoms with Crippen LogP contribution in [0.5, 0.6) is 0 Å². The Balaban J connectivity index is 1.23. The summed E-state index contributed by atoms with van der Waals surface area (Å²) >= 11 is 1.71. The Labute approximate surface area is 193 Å². The lowest BCUT2D eigenvalue weighted by Crippen LogP contribution is -2.49. The zero-order valence-electron chi connectivity index (χ0n) is 18.5. The number of aromatic nitrogens is 2. The third-order valence-corrected chi connectivity index (χ3v) is 7.24. The van der Waals surface area contributed by atoms with Crippen molar-refractivity contribution in [2.45, 2.75) is 26.2 Å². The quantitative estimate of drug-likeness (QED) is 0.591. The minimum atomic E-state index is 0.107. The number of nitrogens with zero attached hydrogens (tertiary/aromatic N) is 5. The molecular formula is C25H29N5OS. The van der Waals surface area contributed by atoms with E-state index >= 15 is 0 Å². The van der Waals surface area contributed by atoms with Gasteiger partial charge in [-0.3, -0.25) is 4.79 Å². The second-order valence-corrected chi connectivity index (χ2v) is 9.46. The van der Waals surface area contributed by atoms with Gasteiger partial charge in [0.05, 0.1) is 0 Å². The first-order chi connectivity index (χ1) is 15.7. The summed E-state index contributed by atoms with van der Waals surface area (Å²) in [6.07, 6.45) is 3.77. The van der Waals surface area contributed by atoms with Crippen LogP contribution in [0.2, 0.25) is 0 Å². The number of benzene rings is 1. The molecule has 0 spiro atoms. The largest absolute Gasteiger partial charge is 0.356 e. The number of amides is 1. The van der Waals surface area contributed by atoms with Crippen molar-refractivity contribution in [2.24, 2.45) is 0 Å². The molecule has 0 N–H and O–H groups in total. The van der Waals surface area contributed by atoms with E-state index in [4.69, 9.17) is 4.98 Å². The monoisotopic (exact) mass is 447 g/mol. The minimum Gasteiger partial charge on any atom is -0.356 e. The Morgan fingerprint density at radius 1 is 0.844 bits per heavy atom. The van der Waals surface area contributed by atoms with Crippen molar-refractivity contribution in [3.8, 4) is 10.4 Å². The van der Waals surface area contributed by atoms with Crippen molar-refractivity contribution < 1.29 is 4.79 Å². The van der Waals surface area contributed by atoms with Gasteiger partial charge >= 0.3 is 0 Å². The van der Waals surface area contributed by atoms with E-state index in [1.54, 1.807) is 11.3 Å². The molecular weight excluding hydrogens is 418 g/mol. The molecule has 0 saturated carbocycles. The van der Waals surface area contributed by atoms with Crippen LogP contribution in [-0.4, -0.2) is 60.0 Å². The second-order valence-electron chi connectivity index (χ2n) is 8.51. The molecule has 1 aromatic carbocycles. The smallest absolute Gasteiger partial charge is 0.253 e. The van der Waals surface area contributed by atoms with Crippen LogP contribution in [0, 0.1) is 6.92 Å². The lowest BCUT2D eigenvalue weighted by atomic mass is 10.1. The van der Waals surface area contributed by atoms with E-state index in [-0.39, 0.29) is 5.91 Å². The molecule has 2 fully saturated rings. The molecule has 4 heterocycles. The molecule has 0 bridgehead atoms. The molecule has 5 rings (SSSR count). The van der Waals surface area contributed by atoms with E-state index in [1.165, 1.54) is 24.1 Å². The Hall–Kier alpha value is -2.93. The van der Waals surface area contributed by atoms with Crippen molar-refractivity contribution in [1.82, 2.24) is 14.9 Å². The van der Waals surface area contributed by atoms with Gasteiger partial charge in [0.2, 0.25) is 0 Å². The van der Waals surface area contributed by atoms with E-state index < -0.39 is 0 Å². The molecule has 0 unspecified atom stereocenters.